The van der Waals surface area contributed by atoms with Gasteiger partial charge in [-0.05, 0) is 29.9 Å². The van der Waals surface area contributed by atoms with Crippen molar-refractivity contribution in [2.75, 3.05) is 0 Å². The minimum absolute atomic E-state index is 0.0740. The van der Waals surface area contributed by atoms with Crippen LogP contribution in [0.2, 0.25) is 0 Å². The van der Waals surface area contributed by atoms with Crippen LogP contribution < -0.4 is 5.32 Å². The number of rotatable bonds is 3. The number of aliphatic hydroxyl groups excluding tert-OH is 1. The lowest BCUT2D eigenvalue weighted by Gasteiger charge is -2.20. The molecule has 1 amide bonds. The van der Waals surface area contributed by atoms with Crippen molar-refractivity contribution >= 4 is 5.91 Å². The van der Waals surface area contributed by atoms with E-state index in [4.69, 9.17) is 0 Å². The Balaban J connectivity index is 1.74. The molecule has 3 nitrogen and oxygen atoms in total. The zero-order chi connectivity index (χ0) is 12.7. The molecule has 3 unspecified atom stereocenters. The fourth-order valence-corrected chi connectivity index (χ4v) is 2.84. The second kappa shape index (κ2) is 4.39. The molecule has 0 radical (unpaired) electrons. The molecule has 2 aliphatic carbocycles. The van der Waals surface area contributed by atoms with Gasteiger partial charge in [-0.1, -0.05) is 31.2 Å². The summed E-state index contributed by atoms with van der Waals surface area (Å²) in [5, 5.41) is 13.1. The van der Waals surface area contributed by atoms with Crippen molar-refractivity contribution in [1.29, 1.82) is 0 Å². The third-order valence-corrected chi connectivity index (χ3v) is 4.24. The summed E-state index contributed by atoms with van der Waals surface area (Å²) in [6, 6.07) is 7.73. The van der Waals surface area contributed by atoms with E-state index in [0.29, 0.717) is 12.3 Å². The van der Waals surface area contributed by atoms with Crippen molar-refractivity contribution in [3.8, 4) is 0 Å². The van der Waals surface area contributed by atoms with Gasteiger partial charge in [-0.2, -0.15) is 0 Å². The van der Waals surface area contributed by atoms with Gasteiger partial charge in [0.05, 0.1) is 12.1 Å². The first-order valence-electron chi connectivity index (χ1n) is 6.73. The zero-order valence-corrected chi connectivity index (χ0v) is 10.6. The molecule has 1 saturated carbocycles. The van der Waals surface area contributed by atoms with Crippen LogP contribution in [0.1, 0.15) is 36.9 Å². The highest BCUT2D eigenvalue weighted by atomic mass is 16.3. The Morgan fingerprint density at radius 3 is 2.83 bits per heavy atom. The fraction of sp³-hybridized carbons (Fsp3) is 0.533. The molecule has 3 heteroatoms. The molecule has 3 rings (SSSR count). The van der Waals surface area contributed by atoms with Crippen molar-refractivity contribution in [1.82, 2.24) is 5.32 Å². The SMILES string of the molecule is CC(C(=O)NC1c2ccccc2CC1O)C1CC1. The van der Waals surface area contributed by atoms with Crippen LogP contribution in [0.3, 0.4) is 0 Å². The van der Waals surface area contributed by atoms with E-state index in [1.807, 2.05) is 31.2 Å². The molecule has 0 aromatic heterocycles. The van der Waals surface area contributed by atoms with Gasteiger partial charge in [0.15, 0.2) is 0 Å². The monoisotopic (exact) mass is 245 g/mol. The molecule has 0 spiro atoms. The minimum Gasteiger partial charge on any atom is -0.390 e. The molecular formula is C15H19NO2. The average molecular weight is 245 g/mol. The molecule has 1 aromatic rings. The van der Waals surface area contributed by atoms with E-state index in [0.717, 1.165) is 11.1 Å². The van der Waals surface area contributed by atoms with Crippen molar-refractivity contribution < 1.29 is 9.90 Å². The summed E-state index contributed by atoms with van der Waals surface area (Å²) in [7, 11) is 0. The minimum atomic E-state index is -0.488. The van der Waals surface area contributed by atoms with Gasteiger partial charge in [0, 0.05) is 12.3 Å². The number of hydrogen-bond donors (Lipinski definition) is 2. The number of carbonyl (C=O) groups is 1. The lowest BCUT2D eigenvalue weighted by Crippen LogP contribution is -2.37. The first-order valence-corrected chi connectivity index (χ1v) is 6.73. The third-order valence-electron chi connectivity index (χ3n) is 4.24. The lowest BCUT2D eigenvalue weighted by atomic mass is 10.0. The largest absolute Gasteiger partial charge is 0.390 e. The van der Waals surface area contributed by atoms with Crippen LogP contribution in [0.25, 0.3) is 0 Å². The van der Waals surface area contributed by atoms with Crippen LogP contribution in [-0.4, -0.2) is 17.1 Å². The lowest BCUT2D eigenvalue weighted by molar-refractivity contribution is -0.126. The van der Waals surface area contributed by atoms with Gasteiger partial charge in [-0.25, -0.2) is 0 Å². The molecule has 0 aliphatic heterocycles. The highest BCUT2D eigenvalue weighted by Gasteiger charge is 2.36. The molecule has 0 bridgehead atoms. The van der Waals surface area contributed by atoms with Crippen LogP contribution in [0.4, 0.5) is 0 Å². The summed E-state index contributed by atoms with van der Waals surface area (Å²) in [6.45, 7) is 1.99. The average Bonchev–Trinajstić information content (AvgIpc) is 3.15. The van der Waals surface area contributed by atoms with Gasteiger partial charge in [-0.15, -0.1) is 0 Å². The molecule has 2 N–H and O–H groups in total. The molecule has 1 fully saturated rings. The van der Waals surface area contributed by atoms with Crippen LogP contribution in [0.5, 0.6) is 0 Å². The fourth-order valence-electron chi connectivity index (χ4n) is 2.84. The first-order chi connectivity index (χ1) is 8.66. The van der Waals surface area contributed by atoms with Gasteiger partial charge >= 0.3 is 0 Å². The van der Waals surface area contributed by atoms with Crippen LogP contribution in [0, 0.1) is 11.8 Å². The Labute approximate surface area is 107 Å². The highest BCUT2D eigenvalue weighted by molar-refractivity contribution is 5.79. The van der Waals surface area contributed by atoms with Crippen molar-refractivity contribution in [2.45, 2.75) is 38.3 Å². The van der Waals surface area contributed by atoms with Crippen molar-refractivity contribution in [2.24, 2.45) is 11.8 Å². The van der Waals surface area contributed by atoms with Crippen molar-refractivity contribution in [3.63, 3.8) is 0 Å². The number of carbonyl (C=O) groups excluding carboxylic acids is 1. The Morgan fingerprint density at radius 1 is 1.39 bits per heavy atom. The summed E-state index contributed by atoms with van der Waals surface area (Å²) >= 11 is 0. The molecule has 0 heterocycles. The van der Waals surface area contributed by atoms with Gasteiger partial charge in [0.2, 0.25) is 5.91 Å². The molecule has 18 heavy (non-hydrogen) atoms. The van der Waals surface area contributed by atoms with Crippen molar-refractivity contribution in [3.05, 3.63) is 35.4 Å². The summed E-state index contributed by atoms with van der Waals surface area (Å²) in [5.74, 6) is 0.710. The topological polar surface area (TPSA) is 49.3 Å². The van der Waals surface area contributed by atoms with E-state index in [1.54, 1.807) is 0 Å². The smallest absolute Gasteiger partial charge is 0.223 e. The standard InChI is InChI=1S/C15H19NO2/c1-9(10-6-7-10)15(18)16-14-12-5-3-2-4-11(12)8-13(14)17/h2-5,9-10,13-14,17H,6-8H2,1H3,(H,16,18). The first kappa shape index (κ1) is 11.7. The highest BCUT2D eigenvalue weighted by Crippen LogP contribution is 2.38. The number of aliphatic hydroxyl groups is 1. The zero-order valence-electron chi connectivity index (χ0n) is 10.6. The van der Waals surface area contributed by atoms with E-state index in [9.17, 15) is 9.90 Å². The Morgan fingerprint density at radius 2 is 2.11 bits per heavy atom. The quantitative estimate of drug-likeness (QED) is 0.853. The maximum atomic E-state index is 12.1. The molecule has 0 saturated heterocycles. The number of amides is 1. The van der Waals surface area contributed by atoms with Gasteiger partial charge in [-0.3, -0.25) is 4.79 Å². The van der Waals surface area contributed by atoms with E-state index < -0.39 is 6.10 Å². The summed E-state index contributed by atoms with van der Waals surface area (Å²) < 4.78 is 0. The van der Waals surface area contributed by atoms with Gasteiger partial charge in [0.25, 0.3) is 0 Å². The summed E-state index contributed by atoms with van der Waals surface area (Å²) in [5.41, 5.74) is 2.22. The van der Waals surface area contributed by atoms with E-state index in [1.165, 1.54) is 12.8 Å². The number of hydrogen-bond acceptors (Lipinski definition) is 2. The van der Waals surface area contributed by atoms with Crippen LogP contribution in [-0.2, 0) is 11.2 Å². The second-order valence-electron chi connectivity index (χ2n) is 5.58. The van der Waals surface area contributed by atoms with Gasteiger partial charge in [0.1, 0.15) is 0 Å². The summed E-state index contributed by atoms with van der Waals surface area (Å²) in [6.07, 6.45) is 2.48. The maximum Gasteiger partial charge on any atom is 0.223 e. The molecule has 96 valence electrons. The van der Waals surface area contributed by atoms with Crippen LogP contribution in [0.15, 0.2) is 24.3 Å². The van der Waals surface area contributed by atoms with E-state index >= 15 is 0 Å². The van der Waals surface area contributed by atoms with Gasteiger partial charge < -0.3 is 10.4 Å². The van der Waals surface area contributed by atoms with E-state index in [-0.39, 0.29) is 17.9 Å². The number of benzene rings is 1. The Bertz CT molecular complexity index is 467. The van der Waals surface area contributed by atoms with E-state index in [2.05, 4.69) is 5.32 Å². The molecule has 2 aliphatic rings. The normalized spacial score (nSPS) is 27.7. The molecule has 1 aromatic carbocycles. The number of nitrogens with one attached hydrogen (secondary N) is 1. The maximum absolute atomic E-state index is 12.1. The predicted octanol–water partition coefficient (Wildman–Crippen LogP) is 1.81. The van der Waals surface area contributed by atoms with Crippen LogP contribution >= 0.6 is 0 Å². The molecular weight excluding hydrogens is 226 g/mol. The second-order valence-corrected chi connectivity index (χ2v) is 5.58. The Hall–Kier alpha value is -1.35. The third kappa shape index (κ3) is 2.03. The molecule has 3 atom stereocenters. The summed E-state index contributed by atoms with van der Waals surface area (Å²) in [4.78, 5) is 12.1. The number of fused-ring (bicyclic) bond motifs is 1. The Kier molecular flexibility index (Phi) is 2.86. The predicted molar refractivity (Wildman–Crippen MR) is 68.9 cm³/mol.